The summed E-state index contributed by atoms with van der Waals surface area (Å²) in [7, 11) is 0. The predicted molar refractivity (Wildman–Crippen MR) is 76.6 cm³/mol. The number of likely N-dealkylation sites (tertiary alicyclic amines) is 1. The van der Waals surface area contributed by atoms with Crippen molar-refractivity contribution in [2.24, 2.45) is 0 Å². The Balaban J connectivity index is 2.01. The highest BCUT2D eigenvalue weighted by Gasteiger charge is 2.24. The lowest BCUT2D eigenvalue weighted by atomic mass is 10.1. The number of hydrogen-bond donors (Lipinski definition) is 1. The molecular weight excluding hydrogens is 240 g/mol. The van der Waals surface area contributed by atoms with E-state index in [1.807, 2.05) is 32.0 Å². The molecule has 0 saturated carbocycles. The highest BCUT2D eigenvalue weighted by Crippen LogP contribution is 2.21. The van der Waals surface area contributed by atoms with E-state index in [0.29, 0.717) is 13.1 Å². The number of carbonyl (C=O) groups excluding carboxylic acids is 1. The lowest BCUT2D eigenvalue weighted by Gasteiger charge is -2.44. The number of aryl methyl sites for hydroxylation is 2. The van der Waals surface area contributed by atoms with Gasteiger partial charge >= 0.3 is 0 Å². The summed E-state index contributed by atoms with van der Waals surface area (Å²) in [5.74, 6) is -0.172. The highest BCUT2D eigenvalue weighted by atomic mass is 16.5. The molecule has 19 heavy (non-hydrogen) atoms. The van der Waals surface area contributed by atoms with Gasteiger partial charge in [0.05, 0.1) is 13.1 Å². The normalized spacial score (nSPS) is 18.1. The summed E-state index contributed by atoms with van der Waals surface area (Å²) in [4.78, 5) is 12.1. The minimum absolute atomic E-state index is 0.0355. The number of rotatable bonds is 3. The molecule has 2 rings (SSSR count). The van der Waals surface area contributed by atoms with Crippen LogP contribution in [0.3, 0.4) is 0 Å². The van der Waals surface area contributed by atoms with Crippen molar-refractivity contribution in [3.05, 3.63) is 34.5 Å². The smallest absolute Gasteiger partial charge is 0.279 e. The second-order valence-electron chi connectivity index (χ2n) is 5.54. The Kier molecular flexibility index (Phi) is 4.22. The number of hydroxylamine groups is 3. The van der Waals surface area contributed by atoms with E-state index >= 15 is 0 Å². The molecule has 1 saturated heterocycles. The maximum absolute atomic E-state index is 12.4. The molecule has 0 aromatic heterocycles. The molecule has 4 heteroatoms. The third-order valence-electron chi connectivity index (χ3n) is 3.81. The first-order valence-electron chi connectivity index (χ1n) is 6.93. The van der Waals surface area contributed by atoms with Gasteiger partial charge in [0.1, 0.15) is 0 Å². The van der Waals surface area contributed by atoms with Crippen LogP contribution in [0.15, 0.2) is 18.2 Å². The van der Waals surface area contributed by atoms with Gasteiger partial charge in [0.15, 0.2) is 6.54 Å². The minimum atomic E-state index is -0.364. The highest BCUT2D eigenvalue weighted by molar-refractivity contribution is 5.93. The molecule has 104 valence electrons. The Bertz CT molecular complexity index is 445. The number of nitrogens with one attached hydrogen (secondary N) is 1. The first kappa shape index (κ1) is 14.0. The van der Waals surface area contributed by atoms with Crippen molar-refractivity contribution in [2.75, 3.05) is 25.0 Å². The van der Waals surface area contributed by atoms with Crippen LogP contribution in [0.4, 0.5) is 5.69 Å². The number of benzene rings is 1. The number of hydrogen-bond acceptors (Lipinski definition) is 2. The zero-order chi connectivity index (χ0) is 13.9. The zero-order valence-corrected chi connectivity index (χ0v) is 11.7. The molecule has 1 aliphatic heterocycles. The van der Waals surface area contributed by atoms with Crippen molar-refractivity contribution >= 4 is 11.6 Å². The molecule has 0 spiro atoms. The second-order valence-corrected chi connectivity index (χ2v) is 5.54. The fraction of sp³-hybridized carbons (Fsp3) is 0.533. The summed E-state index contributed by atoms with van der Waals surface area (Å²) in [5.41, 5.74) is 2.91. The predicted octanol–water partition coefficient (Wildman–Crippen LogP) is 2.74. The van der Waals surface area contributed by atoms with Crippen LogP contribution in [0.2, 0.25) is 0 Å². The van der Waals surface area contributed by atoms with Crippen molar-refractivity contribution in [3.8, 4) is 0 Å². The van der Waals surface area contributed by atoms with Gasteiger partial charge in [0.25, 0.3) is 5.91 Å². The van der Waals surface area contributed by atoms with Crippen molar-refractivity contribution < 1.29 is 9.44 Å². The van der Waals surface area contributed by atoms with Crippen molar-refractivity contribution in [1.29, 1.82) is 0 Å². The van der Waals surface area contributed by atoms with E-state index in [0.717, 1.165) is 36.1 Å². The SMILES string of the molecule is Cc1cccc(C)c1NC(=O)C[N+]1([O-])CCCCC1. The maximum atomic E-state index is 12.4. The first-order chi connectivity index (χ1) is 9.00. The Morgan fingerprint density at radius 1 is 1.21 bits per heavy atom. The molecule has 1 aromatic rings. The summed E-state index contributed by atoms with van der Waals surface area (Å²) in [6.07, 6.45) is 2.97. The molecule has 1 fully saturated rings. The first-order valence-corrected chi connectivity index (χ1v) is 6.93. The third kappa shape index (κ3) is 3.55. The molecule has 1 N–H and O–H groups in total. The van der Waals surface area contributed by atoms with E-state index in [9.17, 15) is 10.0 Å². The van der Waals surface area contributed by atoms with Crippen molar-refractivity contribution in [3.63, 3.8) is 0 Å². The summed E-state index contributed by atoms with van der Waals surface area (Å²) in [6, 6.07) is 5.89. The molecule has 0 radical (unpaired) electrons. The van der Waals surface area contributed by atoms with Gasteiger partial charge in [-0.3, -0.25) is 4.79 Å². The number of para-hydroxylation sites is 1. The molecular formula is C15H22N2O2. The topological polar surface area (TPSA) is 52.2 Å². The average molecular weight is 262 g/mol. The number of anilines is 1. The Hall–Kier alpha value is -1.39. The van der Waals surface area contributed by atoms with Gasteiger partial charge in [-0.1, -0.05) is 18.2 Å². The van der Waals surface area contributed by atoms with Crippen LogP contribution in [-0.2, 0) is 4.79 Å². The van der Waals surface area contributed by atoms with E-state index in [4.69, 9.17) is 0 Å². The van der Waals surface area contributed by atoms with Crippen LogP contribution < -0.4 is 5.32 Å². The third-order valence-corrected chi connectivity index (χ3v) is 3.81. The minimum Gasteiger partial charge on any atom is -0.632 e. The Morgan fingerprint density at radius 3 is 2.37 bits per heavy atom. The quantitative estimate of drug-likeness (QED) is 0.672. The van der Waals surface area contributed by atoms with Crippen LogP contribution in [0, 0.1) is 19.1 Å². The number of amides is 1. The Labute approximate surface area is 114 Å². The number of piperidine rings is 1. The van der Waals surface area contributed by atoms with Gasteiger partial charge in [0.2, 0.25) is 0 Å². The Morgan fingerprint density at radius 2 is 1.79 bits per heavy atom. The van der Waals surface area contributed by atoms with Gasteiger partial charge in [-0.15, -0.1) is 0 Å². The number of carbonyl (C=O) groups is 1. The van der Waals surface area contributed by atoms with Gasteiger partial charge in [-0.25, -0.2) is 0 Å². The van der Waals surface area contributed by atoms with E-state index in [1.54, 1.807) is 0 Å². The van der Waals surface area contributed by atoms with Crippen molar-refractivity contribution in [1.82, 2.24) is 0 Å². The molecule has 4 nitrogen and oxygen atoms in total. The largest absolute Gasteiger partial charge is 0.632 e. The molecule has 1 aliphatic rings. The van der Waals surface area contributed by atoms with Gasteiger partial charge in [0, 0.05) is 5.69 Å². The van der Waals surface area contributed by atoms with E-state index < -0.39 is 0 Å². The van der Waals surface area contributed by atoms with Crippen LogP contribution >= 0.6 is 0 Å². The van der Waals surface area contributed by atoms with E-state index in [2.05, 4.69) is 5.32 Å². The maximum Gasteiger partial charge on any atom is 0.279 e. The zero-order valence-electron chi connectivity index (χ0n) is 11.7. The molecule has 1 aromatic carbocycles. The second kappa shape index (κ2) is 5.72. The van der Waals surface area contributed by atoms with Crippen LogP contribution in [-0.4, -0.2) is 30.2 Å². The van der Waals surface area contributed by atoms with Gasteiger partial charge in [-0.2, -0.15) is 0 Å². The number of nitrogens with zero attached hydrogens (tertiary/aromatic N) is 1. The monoisotopic (exact) mass is 262 g/mol. The molecule has 1 amide bonds. The number of quaternary nitrogens is 1. The van der Waals surface area contributed by atoms with E-state index in [1.165, 1.54) is 0 Å². The molecule has 0 unspecified atom stereocenters. The standard InChI is InChI=1S/C15H22N2O2/c1-12-7-6-8-13(2)15(12)16-14(18)11-17(19)9-4-3-5-10-17/h6-8H,3-5,9-11H2,1-2H3,(H,16,18). The summed E-state index contributed by atoms with van der Waals surface area (Å²) in [6.45, 7) is 5.10. The van der Waals surface area contributed by atoms with E-state index in [-0.39, 0.29) is 17.1 Å². The molecule has 1 heterocycles. The summed E-state index contributed by atoms with van der Waals surface area (Å²) < 4.78 is -0.364. The average Bonchev–Trinajstić information content (AvgIpc) is 2.34. The fourth-order valence-electron chi connectivity index (χ4n) is 2.70. The lowest BCUT2D eigenvalue weighted by Crippen LogP contribution is -2.50. The summed E-state index contributed by atoms with van der Waals surface area (Å²) >= 11 is 0. The molecule has 0 bridgehead atoms. The van der Waals surface area contributed by atoms with Gasteiger partial charge in [-0.05, 0) is 44.2 Å². The lowest BCUT2D eigenvalue weighted by molar-refractivity contribution is -0.877. The van der Waals surface area contributed by atoms with Crippen molar-refractivity contribution in [2.45, 2.75) is 33.1 Å². The molecule has 0 atom stereocenters. The van der Waals surface area contributed by atoms with Crippen LogP contribution in [0.5, 0.6) is 0 Å². The molecule has 0 aliphatic carbocycles. The summed E-state index contributed by atoms with van der Waals surface area (Å²) in [5, 5.41) is 15.3. The van der Waals surface area contributed by atoms with Crippen LogP contribution in [0.1, 0.15) is 30.4 Å². The fourth-order valence-corrected chi connectivity index (χ4v) is 2.70. The van der Waals surface area contributed by atoms with Crippen LogP contribution in [0.25, 0.3) is 0 Å². The van der Waals surface area contributed by atoms with Gasteiger partial charge < -0.3 is 15.2 Å².